The maximum absolute atomic E-state index is 13.0. The van der Waals surface area contributed by atoms with E-state index in [0.29, 0.717) is 36.6 Å². The lowest BCUT2D eigenvalue weighted by molar-refractivity contribution is -0.143. The Hall–Kier alpha value is -1.92. The first-order chi connectivity index (χ1) is 12.1. The molecule has 2 fully saturated rings. The number of nitrogens with zero attached hydrogens (tertiary/aromatic N) is 2. The van der Waals surface area contributed by atoms with E-state index in [0.717, 1.165) is 24.8 Å². The van der Waals surface area contributed by atoms with Crippen LogP contribution in [0.2, 0.25) is 0 Å². The molecule has 2 heterocycles. The Morgan fingerprint density at radius 2 is 2.00 bits per heavy atom. The summed E-state index contributed by atoms with van der Waals surface area (Å²) in [5, 5.41) is 9.59. The number of halogens is 2. The number of oxazole rings is 1. The fourth-order valence-corrected chi connectivity index (χ4v) is 4.31. The molecular formula is C19H22ClFN2O3. The van der Waals surface area contributed by atoms with Crippen LogP contribution < -0.4 is 0 Å². The minimum absolute atomic E-state index is 0. The van der Waals surface area contributed by atoms with Gasteiger partial charge in [0.05, 0.1) is 12.7 Å². The number of aromatic nitrogens is 1. The summed E-state index contributed by atoms with van der Waals surface area (Å²) >= 11 is 0. The molecule has 7 heteroatoms. The van der Waals surface area contributed by atoms with Crippen molar-refractivity contribution in [1.82, 2.24) is 9.88 Å². The summed E-state index contributed by atoms with van der Waals surface area (Å²) < 4.78 is 18.9. The second kappa shape index (κ2) is 7.76. The molecule has 1 saturated heterocycles. The quantitative estimate of drug-likeness (QED) is 0.864. The van der Waals surface area contributed by atoms with Gasteiger partial charge in [0.2, 0.25) is 5.89 Å². The van der Waals surface area contributed by atoms with Crippen molar-refractivity contribution in [2.75, 3.05) is 0 Å². The number of hydrogen-bond acceptors (Lipinski definition) is 4. The molecule has 1 aromatic heterocycles. The van der Waals surface area contributed by atoms with Gasteiger partial charge in [0.1, 0.15) is 11.9 Å². The van der Waals surface area contributed by atoms with Crippen LogP contribution in [-0.2, 0) is 11.3 Å². The minimum atomic E-state index is -0.764. The van der Waals surface area contributed by atoms with Crippen LogP contribution in [0.1, 0.15) is 38.0 Å². The van der Waals surface area contributed by atoms with Gasteiger partial charge in [-0.3, -0.25) is 9.69 Å². The third-order valence-corrected chi connectivity index (χ3v) is 5.51. The summed E-state index contributed by atoms with van der Waals surface area (Å²) in [6, 6.07) is 5.89. The number of carboxylic acid groups (broad SMARTS) is 1. The summed E-state index contributed by atoms with van der Waals surface area (Å²) in [5.74, 6) is 0.479. The third kappa shape index (κ3) is 3.62. The van der Waals surface area contributed by atoms with Crippen LogP contribution in [0.3, 0.4) is 0 Å². The molecule has 3 atom stereocenters. The first-order valence-corrected chi connectivity index (χ1v) is 8.81. The summed E-state index contributed by atoms with van der Waals surface area (Å²) in [4.78, 5) is 18.0. The van der Waals surface area contributed by atoms with Gasteiger partial charge in [0, 0.05) is 11.6 Å². The lowest BCUT2D eigenvalue weighted by Gasteiger charge is -2.32. The van der Waals surface area contributed by atoms with Crippen molar-refractivity contribution in [3.8, 4) is 11.3 Å². The smallest absolute Gasteiger partial charge is 0.320 e. The molecule has 26 heavy (non-hydrogen) atoms. The first kappa shape index (κ1) is 18.9. The van der Waals surface area contributed by atoms with E-state index in [1.165, 1.54) is 18.6 Å². The van der Waals surface area contributed by atoms with Crippen molar-refractivity contribution in [2.45, 2.75) is 50.7 Å². The molecule has 1 saturated carbocycles. The van der Waals surface area contributed by atoms with Crippen LogP contribution >= 0.6 is 12.4 Å². The normalized spacial score (nSPS) is 25.5. The maximum atomic E-state index is 13.0. The van der Waals surface area contributed by atoms with Crippen LogP contribution in [-0.4, -0.2) is 33.0 Å². The van der Waals surface area contributed by atoms with Gasteiger partial charge in [-0.1, -0.05) is 12.8 Å². The molecule has 0 bridgehead atoms. The Kier molecular flexibility index (Phi) is 5.63. The highest BCUT2D eigenvalue weighted by atomic mass is 35.5. The predicted octanol–water partition coefficient (Wildman–Crippen LogP) is 4.12. The lowest BCUT2D eigenvalue weighted by Crippen LogP contribution is -2.41. The summed E-state index contributed by atoms with van der Waals surface area (Å²) in [6.07, 6.45) is 6.82. The average molecular weight is 381 g/mol. The van der Waals surface area contributed by atoms with Crippen molar-refractivity contribution in [2.24, 2.45) is 5.92 Å². The monoisotopic (exact) mass is 380 g/mol. The number of carboxylic acids is 1. The number of likely N-dealkylation sites (tertiary alicyclic amines) is 1. The zero-order chi connectivity index (χ0) is 17.4. The van der Waals surface area contributed by atoms with Gasteiger partial charge in [-0.05, 0) is 49.4 Å². The van der Waals surface area contributed by atoms with Gasteiger partial charge in [-0.25, -0.2) is 9.37 Å². The Labute approximate surface area is 157 Å². The Balaban J connectivity index is 0.00000196. The Morgan fingerprint density at radius 1 is 1.27 bits per heavy atom. The van der Waals surface area contributed by atoms with Crippen LogP contribution in [0.4, 0.5) is 4.39 Å². The highest BCUT2D eigenvalue weighted by Gasteiger charge is 2.45. The van der Waals surface area contributed by atoms with E-state index in [2.05, 4.69) is 4.98 Å². The lowest BCUT2D eigenvalue weighted by atomic mass is 9.85. The third-order valence-electron chi connectivity index (χ3n) is 5.51. The van der Waals surface area contributed by atoms with E-state index < -0.39 is 12.0 Å². The minimum Gasteiger partial charge on any atom is -0.480 e. The second-order valence-electron chi connectivity index (χ2n) is 7.00. The van der Waals surface area contributed by atoms with Gasteiger partial charge >= 0.3 is 5.97 Å². The number of hydrogen-bond donors (Lipinski definition) is 1. The summed E-state index contributed by atoms with van der Waals surface area (Å²) in [7, 11) is 0. The van der Waals surface area contributed by atoms with Gasteiger partial charge in [-0.2, -0.15) is 0 Å². The molecule has 140 valence electrons. The summed E-state index contributed by atoms with van der Waals surface area (Å²) in [6.45, 7) is 0.402. The highest BCUT2D eigenvalue weighted by Crippen LogP contribution is 2.40. The van der Waals surface area contributed by atoms with Crippen molar-refractivity contribution < 1.29 is 18.7 Å². The Bertz CT molecular complexity index is 764. The molecule has 0 amide bonds. The zero-order valence-corrected chi connectivity index (χ0v) is 15.1. The summed E-state index contributed by atoms with van der Waals surface area (Å²) in [5.41, 5.74) is 0.756. The van der Waals surface area contributed by atoms with E-state index in [-0.39, 0.29) is 18.2 Å². The average Bonchev–Trinajstić information content (AvgIpc) is 3.21. The highest BCUT2D eigenvalue weighted by molar-refractivity contribution is 5.85. The van der Waals surface area contributed by atoms with Crippen LogP contribution in [0.15, 0.2) is 34.9 Å². The van der Waals surface area contributed by atoms with E-state index in [4.69, 9.17) is 4.42 Å². The van der Waals surface area contributed by atoms with Gasteiger partial charge in [0.25, 0.3) is 0 Å². The standard InChI is InChI=1S/C19H21FN2O3.ClH/c20-14-7-5-12(6-8-14)17-10-21-18(25-17)11-22-15-4-2-1-3-13(15)9-16(22)19(23)24;/h5-8,10,13,15-16H,1-4,9,11H2,(H,23,24);1H. The molecule has 1 aromatic carbocycles. The molecule has 1 N–H and O–H groups in total. The number of carbonyl (C=O) groups is 1. The Morgan fingerprint density at radius 3 is 2.73 bits per heavy atom. The molecule has 5 nitrogen and oxygen atoms in total. The SMILES string of the molecule is Cl.O=C(O)C1CC2CCCCC2N1Cc1ncc(-c2ccc(F)cc2)o1. The topological polar surface area (TPSA) is 66.6 Å². The van der Waals surface area contributed by atoms with Crippen LogP contribution in [0.5, 0.6) is 0 Å². The van der Waals surface area contributed by atoms with Gasteiger partial charge in [-0.15, -0.1) is 12.4 Å². The van der Waals surface area contributed by atoms with E-state index in [1.54, 1.807) is 18.3 Å². The molecule has 2 aliphatic rings. The fourth-order valence-electron chi connectivity index (χ4n) is 4.31. The van der Waals surface area contributed by atoms with E-state index in [1.807, 2.05) is 4.90 Å². The fraction of sp³-hybridized carbons (Fsp3) is 0.474. The van der Waals surface area contributed by atoms with Gasteiger partial charge in [0.15, 0.2) is 5.76 Å². The van der Waals surface area contributed by atoms with Crippen molar-refractivity contribution >= 4 is 18.4 Å². The number of aliphatic carboxylic acids is 1. The number of fused-ring (bicyclic) bond motifs is 1. The first-order valence-electron chi connectivity index (χ1n) is 8.81. The predicted molar refractivity (Wildman–Crippen MR) is 96.5 cm³/mol. The second-order valence-corrected chi connectivity index (χ2v) is 7.00. The maximum Gasteiger partial charge on any atom is 0.320 e. The molecule has 2 aromatic rings. The van der Waals surface area contributed by atoms with E-state index >= 15 is 0 Å². The molecular weight excluding hydrogens is 359 g/mol. The molecule has 3 unspecified atom stereocenters. The number of rotatable bonds is 4. The molecule has 1 aliphatic heterocycles. The number of benzene rings is 1. The van der Waals surface area contributed by atoms with Crippen molar-refractivity contribution in [3.05, 3.63) is 42.2 Å². The molecule has 4 rings (SSSR count). The van der Waals surface area contributed by atoms with Crippen molar-refractivity contribution in [1.29, 1.82) is 0 Å². The molecule has 0 radical (unpaired) electrons. The largest absolute Gasteiger partial charge is 0.480 e. The van der Waals surface area contributed by atoms with Crippen LogP contribution in [0, 0.1) is 11.7 Å². The van der Waals surface area contributed by atoms with Crippen LogP contribution in [0.25, 0.3) is 11.3 Å². The van der Waals surface area contributed by atoms with Crippen molar-refractivity contribution in [3.63, 3.8) is 0 Å². The van der Waals surface area contributed by atoms with E-state index in [9.17, 15) is 14.3 Å². The molecule has 1 aliphatic carbocycles. The molecule has 0 spiro atoms. The van der Waals surface area contributed by atoms with Gasteiger partial charge < -0.3 is 9.52 Å². The zero-order valence-electron chi connectivity index (χ0n) is 14.3.